The Morgan fingerprint density at radius 1 is 1.00 bits per heavy atom. The molecule has 2 saturated heterocycles. The molecule has 0 bridgehead atoms. The van der Waals surface area contributed by atoms with Crippen molar-refractivity contribution in [1.29, 1.82) is 0 Å². The molecular formula is C22H25N5O4S2. The summed E-state index contributed by atoms with van der Waals surface area (Å²) >= 11 is 1.43. The van der Waals surface area contributed by atoms with Gasteiger partial charge in [0.05, 0.1) is 10.6 Å². The number of carbonyl (C=O) groups is 1. The van der Waals surface area contributed by atoms with Gasteiger partial charge in [-0.15, -0.1) is 11.3 Å². The van der Waals surface area contributed by atoms with Crippen LogP contribution >= 0.6 is 11.3 Å². The van der Waals surface area contributed by atoms with E-state index < -0.39 is 10.0 Å². The predicted octanol–water partition coefficient (Wildman–Crippen LogP) is 1.50. The Morgan fingerprint density at radius 2 is 1.70 bits per heavy atom. The number of sulfonamides is 1. The van der Waals surface area contributed by atoms with Gasteiger partial charge in [0.25, 0.3) is 11.5 Å². The number of hydrogen-bond acceptors (Lipinski definition) is 7. The van der Waals surface area contributed by atoms with Crippen LogP contribution in [0.4, 0.5) is 0 Å². The lowest BCUT2D eigenvalue weighted by Gasteiger charge is -2.34. The molecule has 0 unspecified atom stereocenters. The number of rotatable bonds is 5. The summed E-state index contributed by atoms with van der Waals surface area (Å²) in [4.78, 5) is 34.6. The zero-order valence-electron chi connectivity index (χ0n) is 18.1. The minimum atomic E-state index is -3.48. The van der Waals surface area contributed by atoms with Crippen LogP contribution < -0.4 is 5.56 Å². The van der Waals surface area contributed by atoms with Crippen molar-refractivity contribution >= 4 is 32.2 Å². The number of aromatic nitrogens is 2. The number of carbonyl (C=O) groups excluding carboxylic acids is 1. The summed E-state index contributed by atoms with van der Waals surface area (Å²) in [5.74, 6) is -0.101. The van der Waals surface area contributed by atoms with Crippen LogP contribution in [0.25, 0.3) is 4.96 Å². The number of benzene rings is 1. The molecule has 2 aliphatic rings. The normalized spacial score (nSPS) is 18.2. The van der Waals surface area contributed by atoms with E-state index in [0.29, 0.717) is 56.3 Å². The molecule has 0 spiro atoms. The first-order valence-electron chi connectivity index (χ1n) is 11.0. The Morgan fingerprint density at radius 3 is 2.39 bits per heavy atom. The molecule has 5 rings (SSSR count). The van der Waals surface area contributed by atoms with Crippen molar-refractivity contribution < 1.29 is 13.2 Å². The van der Waals surface area contributed by atoms with Crippen LogP contribution in [0, 0.1) is 0 Å². The molecule has 2 fully saturated rings. The highest BCUT2D eigenvalue weighted by atomic mass is 32.2. The number of hydrogen-bond donors (Lipinski definition) is 0. The topological polar surface area (TPSA) is 95.3 Å². The molecule has 9 nitrogen and oxygen atoms in total. The number of fused-ring (bicyclic) bond motifs is 1. The molecular weight excluding hydrogens is 462 g/mol. The average molecular weight is 488 g/mol. The van der Waals surface area contributed by atoms with Gasteiger partial charge in [-0.05, 0) is 37.1 Å². The fourth-order valence-electron chi connectivity index (χ4n) is 4.34. The number of thiazole rings is 1. The van der Waals surface area contributed by atoms with Crippen molar-refractivity contribution in [3.05, 3.63) is 63.5 Å². The lowest BCUT2D eigenvalue weighted by Crippen LogP contribution is -2.48. The van der Waals surface area contributed by atoms with E-state index in [1.165, 1.54) is 32.2 Å². The van der Waals surface area contributed by atoms with Crippen molar-refractivity contribution in [3.8, 4) is 0 Å². The molecule has 2 aliphatic heterocycles. The second-order valence-corrected chi connectivity index (χ2v) is 11.2. The third kappa shape index (κ3) is 4.45. The molecule has 33 heavy (non-hydrogen) atoms. The summed E-state index contributed by atoms with van der Waals surface area (Å²) in [5.41, 5.74) is 1.14. The van der Waals surface area contributed by atoms with E-state index in [9.17, 15) is 18.0 Å². The molecule has 0 atom stereocenters. The highest BCUT2D eigenvalue weighted by Gasteiger charge is 2.28. The molecule has 1 amide bonds. The van der Waals surface area contributed by atoms with Crippen LogP contribution in [-0.4, -0.2) is 77.1 Å². The van der Waals surface area contributed by atoms with Gasteiger partial charge in [0.15, 0.2) is 4.96 Å². The third-order valence-corrected chi connectivity index (χ3v) is 8.87. The third-order valence-electron chi connectivity index (χ3n) is 6.21. The predicted molar refractivity (Wildman–Crippen MR) is 125 cm³/mol. The zero-order chi connectivity index (χ0) is 23.0. The van der Waals surface area contributed by atoms with Gasteiger partial charge < -0.3 is 4.90 Å². The maximum atomic E-state index is 12.9. The van der Waals surface area contributed by atoms with Crippen LogP contribution in [0.5, 0.6) is 0 Å². The van der Waals surface area contributed by atoms with Crippen molar-refractivity contribution in [2.75, 3.05) is 39.3 Å². The summed E-state index contributed by atoms with van der Waals surface area (Å²) in [6.07, 6.45) is 3.49. The molecule has 0 radical (unpaired) electrons. The van der Waals surface area contributed by atoms with Crippen molar-refractivity contribution in [2.24, 2.45) is 0 Å². The Kier molecular flexibility index (Phi) is 6.04. The molecule has 174 valence electrons. The lowest BCUT2D eigenvalue weighted by molar-refractivity contribution is 0.0627. The van der Waals surface area contributed by atoms with E-state index >= 15 is 0 Å². The summed E-state index contributed by atoms with van der Waals surface area (Å²) < 4.78 is 28.4. The minimum absolute atomic E-state index is 0.0831. The van der Waals surface area contributed by atoms with E-state index in [4.69, 9.17) is 0 Å². The van der Waals surface area contributed by atoms with Crippen LogP contribution in [0.15, 0.2) is 51.6 Å². The fraction of sp³-hybridized carbons (Fsp3) is 0.409. The fourth-order valence-corrected chi connectivity index (χ4v) is 6.59. The first-order chi connectivity index (χ1) is 15.9. The van der Waals surface area contributed by atoms with Crippen molar-refractivity contribution in [2.45, 2.75) is 24.3 Å². The highest BCUT2D eigenvalue weighted by molar-refractivity contribution is 7.89. The largest absolute Gasteiger partial charge is 0.336 e. The zero-order valence-corrected chi connectivity index (χ0v) is 19.7. The minimum Gasteiger partial charge on any atom is -0.336 e. The van der Waals surface area contributed by atoms with Gasteiger partial charge in [-0.25, -0.2) is 13.4 Å². The van der Waals surface area contributed by atoms with Crippen LogP contribution in [0.1, 0.15) is 28.9 Å². The first kappa shape index (κ1) is 22.2. The maximum absolute atomic E-state index is 12.9. The molecule has 1 aromatic carbocycles. The van der Waals surface area contributed by atoms with Gasteiger partial charge in [-0.3, -0.25) is 18.9 Å². The van der Waals surface area contributed by atoms with E-state index in [-0.39, 0.29) is 16.4 Å². The Balaban J connectivity index is 1.20. The monoisotopic (exact) mass is 487 g/mol. The highest BCUT2D eigenvalue weighted by Crippen LogP contribution is 2.21. The molecule has 3 aromatic rings. The summed E-state index contributed by atoms with van der Waals surface area (Å²) in [6.45, 7) is 4.16. The Bertz CT molecular complexity index is 1320. The maximum Gasteiger partial charge on any atom is 0.258 e. The average Bonchev–Trinajstić information content (AvgIpc) is 3.52. The first-order valence-corrected chi connectivity index (χ1v) is 13.3. The van der Waals surface area contributed by atoms with E-state index in [1.54, 1.807) is 29.3 Å². The molecule has 4 heterocycles. The van der Waals surface area contributed by atoms with Crippen molar-refractivity contribution in [1.82, 2.24) is 23.5 Å². The smallest absolute Gasteiger partial charge is 0.258 e. The van der Waals surface area contributed by atoms with Gasteiger partial charge in [-0.1, -0.05) is 0 Å². The van der Waals surface area contributed by atoms with Gasteiger partial charge in [0.1, 0.15) is 0 Å². The Labute approximate surface area is 195 Å². The number of amides is 1. The quantitative estimate of drug-likeness (QED) is 0.541. The van der Waals surface area contributed by atoms with Gasteiger partial charge in [-0.2, -0.15) is 4.31 Å². The molecule has 0 aliphatic carbocycles. The van der Waals surface area contributed by atoms with Crippen LogP contribution in [-0.2, 0) is 16.6 Å². The Hall–Kier alpha value is -2.60. The van der Waals surface area contributed by atoms with E-state index in [1.807, 2.05) is 5.38 Å². The second kappa shape index (κ2) is 8.98. The summed E-state index contributed by atoms with van der Waals surface area (Å²) in [6, 6.07) is 7.83. The summed E-state index contributed by atoms with van der Waals surface area (Å²) in [5, 5.41) is 1.84. The van der Waals surface area contributed by atoms with Gasteiger partial charge in [0, 0.05) is 69.0 Å². The standard InChI is InChI=1S/C22H25N5O4S2/c28-20-15-18(23-22-27(20)13-14-32-22)16-24-9-11-25(12-10-24)21(29)17-3-5-19(6-4-17)33(30,31)26-7-1-2-8-26/h3-6,13-15H,1-2,7-12,16H2. The number of piperazine rings is 1. The van der Waals surface area contributed by atoms with Gasteiger partial charge in [0.2, 0.25) is 10.0 Å². The lowest BCUT2D eigenvalue weighted by atomic mass is 10.2. The second-order valence-electron chi connectivity index (χ2n) is 8.35. The molecule has 0 N–H and O–H groups in total. The van der Waals surface area contributed by atoms with E-state index in [0.717, 1.165) is 18.5 Å². The molecule has 2 aromatic heterocycles. The molecule has 0 saturated carbocycles. The SMILES string of the molecule is O=C(c1ccc(S(=O)(=O)N2CCCC2)cc1)N1CCN(Cc2cc(=O)n3ccsc3n2)CC1. The summed E-state index contributed by atoms with van der Waals surface area (Å²) in [7, 11) is -3.48. The van der Waals surface area contributed by atoms with Gasteiger partial charge >= 0.3 is 0 Å². The van der Waals surface area contributed by atoms with E-state index in [2.05, 4.69) is 9.88 Å². The van der Waals surface area contributed by atoms with Crippen LogP contribution in [0.2, 0.25) is 0 Å². The molecule has 11 heteroatoms. The van der Waals surface area contributed by atoms with Crippen LogP contribution in [0.3, 0.4) is 0 Å². The number of nitrogens with zero attached hydrogens (tertiary/aromatic N) is 5. The van der Waals surface area contributed by atoms with Crippen molar-refractivity contribution in [3.63, 3.8) is 0 Å².